The molecule has 0 radical (unpaired) electrons. The quantitative estimate of drug-likeness (QED) is 0.825. The van der Waals surface area contributed by atoms with Crippen LogP contribution >= 0.6 is 11.8 Å². The fourth-order valence-electron chi connectivity index (χ4n) is 3.64. The van der Waals surface area contributed by atoms with Crippen LogP contribution < -0.4 is 0 Å². The molecule has 24 heavy (non-hydrogen) atoms. The molecule has 0 bridgehead atoms. The third-order valence-corrected chi connectivity index (χ3v) is 6.13. The van der Waals surface area contributed by atoms with Crippen LogP contribution in [0.5, 0.6) is 0 Å². The maximum Gasteiger partial charge on any atom is 0.160 e. The number of pyridine rings is 1. The molecule has 4 rings (SSSR count). The Balaban J connectivity index is 1.76. The molecule has 0 aliphatic carbocycles. The summed E-state index contributed by atoms with van der Waals surface area (Å²) in [7, 11) is 0. The topological polar surface area (TPSA) is 33.4 Å². The van der Waals surface area contributed by atoms with Gasteiger partial charge in [0, 0.05) is 36.4 Å². The van der Waals surface area contributed by atoms with Crippen molar-refractivity contribution in [3.63, 3.8) is 0 Å². The summed E-state index contributed by atoms with van der Waals surface area (Å²) < 4.78 is 2.28. The highest BCUT2D eigenvalue weighted by Gasteiger charge is 2.45. The van der Waals surface area contributed by atoms with Crippen molar-refractivity contribution in [1.82, 2.24) is 14.5 Å². The Labute approximate surface area is 148 Å². The second kappa shape index (κ2) is 6.28. The number of amidine groups is 1. The van der Waals surface area contributed by atoms with Gasteiger partial charge in [-0.15, -0.1) is 0 Å². The van der Waals surface area contributed by atoms with Gasteiger partial charge in [0.15, 0.2) is 5.17 Å². The lowest BCUT2D eigenvalue weighted by molar-refractivity contribution is 0.255. The summed E-state index contributed by atoms with van der Waals surface area (Å²) in [4.78, 5) is 12.2. The highest BCUT2D eigenvalue weighted by molar-refractivity contribution is 8.14. The Morgan fingerprint density at radius 2 is 2.17 bits per heavy atom. The molecule has 2 aliphatic heterocycles. The van der Waals surface area contributed by atoms with E-state index in [4.69, 9.17) is 4.99 Å². The monoisotopic (exact) mass is 340 g/mol. The Kier molecular flexibility index (Phi) is 4.12. The van der Waals surface area contributed by atoms with E-state index < -0.39 is 0 Å². The molecule has 0 saturated carbocycles. The summed E-state index contributed by atoms with van der Waals surface area (Å²) in [6, 6.07) is 9.79. The molecule has 5 heteroatoms. The molecule has 3 unspecified atom stereocenters. The summed E-state index contributed by atoms with van der Waals surface area (Å²) in [5, 5.41) is 1.19. The van der Waals surface area contributed by atoms with E-state index >= 15 is 0 Å². The Bertz CT molecular complexity index is 737. The number of rotatable bonds is 4. The third-order valence-electron chi connectivity index (χ3n) is 5.00. The molecule has 4 heterocycles. The van der Waals surface area contributed by atoms with Crippen molar-refractivity contribution in [2.45, 2.75) is 51.4 Å². The zero-order chi connectivity index (χ0) is 16.7. The van der Waals surface area contributed by atoms with Crippen molar-refractivity contribution >= 4 is 16.9 Å². The number of thioether (sulfide) groups is 1. The van der Waals surface area contributed by atoms with Crippen molar-refractivity contribution in [2.24, 2.45) is 4.99 Å². The SMILES string of the molecule is CCC1CSC2=NC(c3ccccn3)C(c3ccn(C(C)C)c3)N21. The van der Waals surface area contributed by atoms with E-state index in [9.17, 15) is 0 Å². The van der Waals surface area contributed by atoms with E-state index in [0.717, 1.165) is 17.9 Å². The van der Waals surface area contributed by atoms with Crippen LogP contribution in [0.1, 0.15) is 56.6 Å². The average Bonchev–Trinajstić information content (AvgIpc) is 3.29. The summed E-state index contributed by atoms with van der Waals surface area (Å²) >= 11 is 1.90. The Morgan fingerprint density at radius 1 is 1.29 bits per heavy atom. The lowest BCUT2D eigenvalue weighted by Gasteiger charge is -2.31. The molecule has 0 spiro atoms. The lowest BCUT2D eigenvalue weighted by Crippen LogP contribution is -2.35. The van der Waals surface area contributed by atoms with Gasteiger partial charge in [-0.3, -0.25) is 9.98 Å². The fourth-order valence-corrected chi connectivity index (χ4v) is 4.97. The normalized spacial score (nSPS) is 26.1. The van der Waals surface area contributed by atoms with E-state index in [-0.39, 0.29) is 12.1 Å². The molecule has 3 atom stereocenters. The molecule has 0 aromatic carbocycles. The Morgan fingerprint density at radius 3 is 2.83 bits per heavy atom. The maximum atomic E-state index is 5.06. The van der Waals surface area contributed by atoms with E-state index in [1.807, 2.05) is 24.0 Å². The van der Waals surface area contributed by atoms with Gasteiger partial charge >= 0.3 is 0 Å². The number of fused-ring (bicyclic) bond motifs is 1. The van der Waals surface area contributed by atoms with Crippen molar-refractivity contribution in [3.05, 3.63) is 54.1 Å². The number of nitrogens with zero attached hydrogens (tertiary/aromatic N) is 4. The molecule has 2 aliphatic rings. The highest BCUT2D eigenvalue weighted by atomic mass is 32.2. The summed E-state index contributed by atoms with van der Waals surface area (Å²) in [6.45, 7) is 6.72. The van der Waals surface area contributed by atoms with Gasteiger partial charge in [-0.1, -0.05) is 24.8 Å². The van der Waals surface area contributed by atoms with Crippen molar-refractivity contribution < 1.29 is 0 Å². The highest BCUT2D eigenvalue weighted by Crippen LogP contribution is 2.48. The zero-order valence-corrected chi connectivity index (χ0v) is 15.3. The number of aromatic nitrogens is 2. The predicted molar refractivity (Wildman–Crippen MR) is 100 cm³/mol. The molecule has 2 aromatic rings. The summed E-state index contributed by atoms with van der Waals surface area (Å²) in [6.07, 6.45) is 7.51. The smallest absolute Gasteiger partial charge is 0.160 e. The molecule has 4 nitrogen and oxygen atoms in total. The van der Waals surface area contributed by atoms with Gasteiger partial charge in [0.25, 0.3) is 0 Å². The number of aliphatic imine (C=N–C) groups is 1. The van der Waals surface area contributed by atoms with Crippen molar-refractivity contribution in [3.8, 4) is 0 Å². The molecule has 0 N–H and O–H groups in total. The van der Waals surface area contributed by atoms with Gasteiger partial charge in [-0.25, -0.2) is 0 Å². The average molecular weight is 340 g/mol. The van der Waals surface area contributed by atoms with Gasteiger partial charge in [0.1, 0.15) is 6.04 Å². The zero-order valence-electron chi connectivity index (χ0n) is 14.5. The maximum absolute atomic E-state index is 5.06. The molecular formula is C19H24N4S. The second-order valence-electron chi connectivity index (χ2n) is 6.82. The van der Waals surface area contributed by atoms with Gasteiger partial charge in [-0.05, 0) is 44.0 Å². The molecule has 2 aromatic heterocycles. The minimum atomic E-state index is 0.0889. The summed E-state index contributed by atoms with van der Waals surface area (Å²) in [5.41, 5.74) is 2.41. The molecule has 1 fully saturated rings. The first-order chi connectivity index (χ1) is 11.7. The lowest BCUT2D eigenvalue weighted by atomic mass is 9.97. The fraction of sp³-hybridized carbons (Fsp3) is 0.474. The van der Waals surface area contributed by atoms with Crippen LogP contribution in [0.3, 0.4) is 0 Å². The van der Waals surface area contributed by atoms with E-state index in [2.05, 4.69) is 65.8 Å². The van der Waals surface area contributed by atoms with E-state index in [0.29, 0.717) is 12.1 Å². The standard InChI is InChI=1S/C19H24N4S/c1-4-15-12-24-19-21-17(16-7-5-6-9-20-16)18(23(15)19)14-8-10-22(11-14)13(2)3/h5-11,13,15,17-18H,4,12H2,1-3H3. The van der Waals surface area contributed by atoms with Crippen LogP contribution in [0.4, 0.5) is 0 Å². The number of hydrogen-bond donors (Lipinski definition) is 0. The van der Waals surface area contributed by atoms with Crippen molar-refractivity contribution in [2.75, 3.05) is 5.75 Å². The van der Waals surface area contributed by atoms with Gasteiger partial charge in [0.05, 0.1) is 11.7 Å². The van der Waals surface area contributed by atoms with Crippen LogP contribution in [-0.4, -0.2) is 31.4 Å². The van der Waals surface area contributed by atoms with Crippen LogP contribution in [-0.2, 0) is 0 Å². The van der Waals surface area contributed by atoms with Gasteiger partial charge < -0.3 is 9.47 Å². The molecule has 0 amide bonds. The van der Waals surface area contributed by atoms with Crippen molar-refractivity contribution in [1.29, 1.82) is 0 Å². The number of hydrogen-bond acceptors (Lipinski definition) is 4. The van der Waals surface area contributed by atoms with E-state index in [1.165, 1.54) is 10.7 Å². The molecule has 1 saturated heterocycles. The first kappa shape index (κ1) is 15.8. The third kappa shape index (κ3) is 2.55. The van der Waals surface area contributed by atoms with Gasteiger partial charge in [-0.2, -0.15) is 0 Å². The van der Waals surface area contributed by atoms with E-state index in [1.54, 1.807) is 0 Å². The minimum Gasteiger partial charge on any atom is -0.351 e. The second-order valence-corrected chi connectivity index (χ2v) is 7.81. The molecular weight excluding hydrogens is 316 g/mol. The largest absolute Gasteiger partial charge is 0.351 e. The minimum absolute atomic E-state index is 0.0889. The first-order valence-electron chi connectivity index (χ1n) is 8.76. The first-order valence-corrected chi connectivity index (χ1v) is 9.74. The van der Waals surface area contributed by atoms with Crippen LogP contribution in [0.2, 0.25) is 0 Å². The van der Waals surface area contributed by atoms with Crippen LogP contribution in [0, 0.1) is 0 Å². The predicted octanol–water partition coefficient (Wildman–Crippen LogP) is 4.44. The Hall–Kier alpha value is -1.75. The van der Waals surface area contributed by atoms with Gasteiger partial charge in [0.2, 0.25) is 0 Å². The molecule has 126 valence electrons. The van der Waals surface area contributed by atoms with Crippen LogP contribution in [0.25, 0.3) is 0 Å². The van der Waals surface area contributed by atoms with Crippen LogP contribution in [0.15, 0.2) is 47.8 Å². The summed E-state index contributed by atoms with van der Waals surface area (Å²) in [5.74, 6) is 1.14.